The van der Waals surface area contributed by atoms with Gasteiger partial charge in [-0.25, -0.2) is 0 Å². The number of piperazine rings is 1. The van der Waals surface area contributed by atoms with E-state index in [4.69, 9.17) is 9.26 Å². The molecule has 1 saturated heterocycles. The Bertz CT molecular complexity index is 407. The first kappa shape index (κ1) is 14.2. The molecule has 19 heavy (non-hydrogen) atoms. The Morgan fingerprint density at radius 2 is 2.53 bits per heavy atom. The van der Waals surface area contributed by atoms with Crippen molar-refractivity contribution in [3.05, 3.63) is 24.4 Å². The normalized spacial score (nSPS) is 22.3. The van der Waals surface area contributed by atoms with Crippen LogP contribution in [0.5, 0.6) is 0 Å². The smallest absolute Gasteiger partial charge is 0.255 e. The number of likely N-dealkylation sites (N-methyl/N-ethyl adjacent to an activating group) is 1. The van der Waals surface area contributed by atoms with Crippen LogP contribution in [0, 0.1) is 0 Å². The number of hydrogen-bond acceptors (Lipinski definition) is 6. The quantitative estimate of drug-likeness (QED) is 0.618. The molecule has 0 aromatic carbocycles. The Morgan fingerprint density at radius 1 is 1.68 bits per heavy atom. The molecule has 2 heterocycles. The lowest BCUT2D eigenvalue weighted by molar-refractivity contribution is 0.0459. The monoisotopic (exact) mass is 266 g/mol. The van der Waals surface area contributed by atoms with Crippen molar-refractivity contribution >= 4 is 0 Å². The molecule has 0 saturated carbocycles. The van der Waals surface area contributed by atoms with Crippen LogP contribution in [0.25, 0.3) is 0 Å². The van der Waals surface area contributed by atoms with Gasteiger partial charge >= 0.3 is 0 Å². The molecule has 6 heteroatoms. The number of hydrogen-bond donors (Lipinski definition) is 1. The molecule has 1 aliphatic heterocycles. The summed E-state index contributed by atoms with van der Waals surface area (Å²) >= 11 is 0. The molecule has 1 aromatic rings. The first-order chi connectivity index (χ1) is 9.22. The molecule has 0 aliphatic carbocycles. The predicted molar refractivity (Wildman–Crippen MR) is 71.7 cm³/mol. The van der Waals surface area contributed by atoms with Crippen molar-refractivity contribution in [2.45, 2.75) is 25.5 Å². The highest BCUT2D eigenvalue weighted by Gasteiger charge is 2.26. The molecule has 0 radical (unpaired) electrons. The highest BCUT2D eigenvalue weighted by Crippen LogP contribution is 2.21. The molecular weight excluding hydrogens is 244 g/mol. The maximum atomic E-state index is 5.60. The van der Waals surface area contributed by atoms with Crippen molar-refractivity contribution in [2.75, 3.05) is 33.3 Å². The van der Waals surface area contributed by atoms with Crippen LogP contribution in [0.3, 0.4) is 0 Å². The van der Waals surface area contributed by atoms with Crippen molar-refractivity contribution in [1.29, 1.82) is 0 Å². The van der Waals surface area contributed by atoms with E-state index in [2.05, 4.69) is 34.0 Å². The predicted octanol–water partition coefficient (Wildman–Crippen LogP) is 1.30. The highest BCUT2D eigenvalue weighted by atomic mass is 16.5. The average Bonchev–Trinajstić information content (AvgIpc) is 2.89. The molecule has 2 unspecified atom stereocenters. The van der Waals surface area contributed by atoms with Crippen LogP contribution in [0.1, 0.15) is 37.2 Å². The fourth-order valence-corrected chi connectivity index (χ4v) is 2.04. The van der Waals surface area contributed by atoms with Gasteiger partial charge in [-0.05, 0) is 20.4 Å². The fourth-order valence-electron chi connectivity index (χ4n) is 2.04. The van der Waals surface area contributed by atoms with E-state index in [9.17, 15) is 0 Å². The van der Waals surface area contributed by atoms with Gasteiger partial charge in [-0.1, -0.05) is 11.2 Å². The number of nitrogens with one attached hydrogen (secondary N) is 1. The Labute approximate surface area is 113 Å². The molecule has 0 bridgehead atoms. The van der Waals surface area contributed by atoms with Crippen LogP contribution >= 0.6 is 0 Å². The van der Waals surface area contributed by atoms with Crippen LogP contribution in [0.2, 0.25) is 0 Å². The second-order valence-corrected chi connectivity index (χ2v) is 4.78. The van der Waals surface area contributed by atoms with E-state index in [1.165, 1.54) is 0 Å². The van der Waals surface area contributed by atoms with Crippen LogP contribution in [-0.4, -0.2) is 48.3 Å². The summed E-state index contributed by atoms with van der Waals surface area (Å²) in [4.78, 5) is 6.68. The maximum Gasteiger partial charge on any atom is 0.255 e. The zero-order valence-electron chi connectivity index (χ0n) is 11.6. The van der Waals surface area contributed by atoms with E-state index < -0.39 is 0 Å². The van der Waals surface area contributed by atoms with Crippen LogP contribution in [-0.2, 0) is 4.74 Å². The number of rotatable bonds is 6. The molecule has 6 nitrogen and oxygen atoms in total. The van der Waals surface area contributed by atoms with E-state index in [0.717, 1.165) is 31.9 Å². The van der Waals surface area contributed by atoms with Gasteiger partial charge in [0.15, 0.2) is 5.82 Å². The SMILES string of the molecule is C=CCCOC(C)c1nc(C2CNCCN2C)no1. The minimum Gasteiger partial charge on any atom is -0.368 e. The van der Waals surface area contributed by atoms with E-state index >= 15 is 0 Å². The molecule has 1 N–H and O–H groups in total. The molecule has 106 valence electrons. The highest BCUT2D eigenvalue weighted by molar-refractivity contribution is 4.98. The van der Waals surface area contributed by atoms with Crippen LogP contribution < -0.4 is 5.32 Å². The zero-order valence-corrected chi connectivity index (χ0v) is 11.6. The third-order valence-electron chi connectivity index (χ3n) is 3.30. The number of ether oxygens (including phenoxy) is 1. The first-order valence-corrected chi connectivity index (χ1v) is 6.69. The van der Waals surface area contributed by atoms with E-state index in [-0.39, 0.29) is 12.1 Å². The summed E-state index contributed by atoms with van der Waals surface area (Å²) in [6, 6.07) is 0.173. The molecule has 1 aliphatic rings. The lowest BCUT2D eigenvalue weighted by Gasteiger charge is -2.30. The van der Waals surface area contributed by atoms with Gasteiger partial charge < -0.3 is 14.6 Å². The molecule has 0 spiro atoms. The molecular formula is C13H22N4O2. The van der Waals surface area contributed by atoms with Gasteiger partial charge in [0.1, 0.15) is 6.10 Å². The van der Waals surface area contributed by atoms with Gasteiger partial charge in [-0.3, -0.25) is 4.90 Å². The van der Waals surface area contributed by atoms with Gasteiger partial charge in [0.2, 0.25) is 0 Å². The number of aromatic nitrogens is 2. The van der Waals surface area contributed by atoms with Crippen molar-refractivity contribution in [1.82, 2.24) is 20.4 Å². The topological polar surface area (TPSA) is 63.4 Å². The Kier molecular flexibility index (Phi) is 5.07. The molecule has 1 fully saturated rings. The van der Waals surface area contributed by atoms with E-state index in [1.807, 2.05) is 13.0 Å². The van der Waals surface area contributed by atoms with Gasteiger partial charge in [-0.2, -0.15) is 4.98 Å². The largest absolute Gasteiger partial charge is 0.368 e. The van der Waals surface area contributed by atoms with Crippen molar-refractivity contribution < 1.29 is 9.26 Å². The fraction of sp³-hybridized carbons (Fsp3) is 0.692. The van der Waals surface area contributed by atoms with Crippen LogP contribution in [0.15, 0.2) is 17.2 Å². The summed E-state index contributed by atoms with van der Waals surface area (Å²) in [5.74, 6) is 1.27. The third-order valence-corrected chi connectivity index (χ3v) is 3.30. The minimum absolute atomic E-state index is 0.173. The summed E-state index contributed by atoms with van der Waals surface area (Å²) in [6.07, 6.45) is 2.47. The summed E-state index contributed by atoms with van der Waals surface area (Å²) in [7, 11) is 2.07. The van der Waals surface area contributed by atoms with Crippen molar-refractivity contribution in [3.8, 4) is 0 Å². The summed E-state index contributed by atoms with van der Waals surface area (Å²) in [5.41, 5.74) is 0. The maximum absolute atomic E-state index is 5.60. The van der Waals surface area contributed by atoms with Crippen LogP contribution in [0.4, 0.5) is 0 Å². The second-order valence-electron chi connectivity index (χ2n) is 4.78. The minimum atomic E-state index is -0.178. The van der Waals surface area contributed by atoms with Gasteiger partial charge in [0.05, 0.1) is 12.6 Å². The lowest BCUT2D eigenvalue weighted by Crippen LogP contribution is -2.44. The van der Waals surface area contributed by atoms with Crippen molar-refractivity contribution in [2.24, 2.45) is 0 Å². The molecule has 2 atom stereocenters. The Morgan fingerprint density at radius 3 is 3.26 bits per heavy atom. The molecule has 2 rings (SSSR count). The third kappa shape index (κ3) is 3.62. The van der Waals surface area contributed by atoms with E-state index in [0.29, 0.717) is 12.5 Å². The Hall–Kier alpha value is -1.24. The standard InChI is InChI=1S/C13H22N4O2/c1-4-5-8-18-10(2)13-15-12(16-19-13)11-9-14-6-7-17(11)3/h4,10-11,14H,1,5-9H2,2-3H3. The summed E-state index contributed by atoms with van der Waals surface area (Å²) in [5, 5.41) is 7.41. The molecule has 0 amide bonds. The summed E-state index contributed by atoms with van der Waals surface area (Å²) in [6.45, 7) is 9.03. The Balaban J connectivity index is 1.95. The van der Waals surface area contributed by atoms with Gasteiger partial charge in [0.25, 0.3) is 5.89 Å². The molecule has 1 aromatic heterocycles. The van der Waals surface area contributed by atoms with E-state index in [1.54, 1.807) is 0 Å². The lowest BCUT2D eigenvalue weighted by atomic mass is 10.2. The van der Waals surface area contributed by atoms with Gasteiger partial charge in [-0.15, -0.1) is 6.58 Å². The van der Waals surface area contributed by atoms with Crippen molar-refractivity contribution in [3.63, 3.8) is 0 Å². The van der Waals surface area contributed by atoms with Gasteiger partial charge in [0, 0.05) is 19.6 Å². The second kappa shape index (κ2) is 6.79. The average molecular weight is 266 g/mol. The summed E-state index contributed by atoms with van der Waals surface area (Å²) < 4.78 is 10.9. The zero-order chi connectivity index (χ0) is 13.7. The first-order valence-electron chi connectivity index (χ1n) is 6.69. The number of nitrogens with zero attached hydrogens (tertiary/aromatic N) is 3.